The number of carbonyl (C=O) groups is 2. The lowest BCUT2D eigenvalue weighted by atomic mass is 10.00. The highest BCUT2D eigenvalue weighted by atomic mass is 32.2. The molecule has 2 atom stereocenters. The Bertz CT molecular complexity index is 1610. The monoisotopic (exact) mass is 708 g/mol. The van der Waals surface area contributed by atoms with Crippen molar-refractivity contribution in [2.75, 3.05) is 14.2 Å². The molecule has 0 saturated heterocycles. The summed E-state index contributed by atoms with van der Waals surface area (Å²) >= 11 is 0. The van der Waals surface area contributed by atoms with Crippen LogP contribution in [0.2, 0.25) is 0 Å². The number of carboxylic acid groups (broad SMARTS) is 2. The van der Waals surface area contributed by atoms with E-state index in [0.717, 1.165) is 24.8 Å². The van der Waals surface area contributed by atoms with Gasteiger partial charge < -0.3 is 19.7 Å². The van der Waals surface area contributed by atoms with Crippen molar-refractivity contribution >= 4 is 32.5 Å². The van der Waals surface area contributed by atoms with Crippen LogP contribution in [0, 0.1) is 5.92 Å². The number of unbranched alkanes of at least 4 members (excludes halogenated alkanes) is 1. The van der Waals surface area contributed by atoms with Gasteiger partial charge in [0, 0.05) is 25.6 Å². The van der Waals surface area contributed by atoms with Crippen LogP contribution in [0.5, 0.6) is 11.5 Å². The predicted molar refractivity (Wildman–Crippen MR) is 184 cm³/mol. The third-order valence-corrected chi connectivity index (χ3v) is 11.0. The number of hydrogen-bond donors (Lipinski definition) is 3. The molecule has 0 aromatic heterocycles. The predicted octanol–water partition coefficient (Wildman–Crippen LogP) is 5.77. The molecule has 3 aromatic carbocycles. The molecule has 0 saturated carbocycles. The van der Waals surface area contributed by atoms with Gasteiger partial charge >= 0.3 is 5.97 Å². The third kappa shape index (κ3) is 13.3. The third-order valence-electron chi connectivity index (χ3n) is 7.60. The lowest BCUT2D eigenvalue weighted by Gasteiger charge is -2.32. The maximum absolute atomic E-state index is 13.8. The summed E-state index contributed by atoms with van der Waals surface area (Å²) in [5.74, 6) is 0.536. The van der Waals surface area contributed by atoms with E-state index in [1.165, 1.54) is 30.7 Å². The SMILES string of the molecule is CCC(C)C(C)N(Cc1ccccc1CNS(=O)(=O)c1ccc(OC)cc1)S(=O)(=O)c1ccc(OC)cc1.CCCCC(=O)O.O=CO. The Morgan fingerprint density at radius 2 is 1.33 bits per heavy atom. The molecule has 0 bridgehead atoms. The summed E-state index contributed by atoms with van der Waals surface area (Å²) < 4.78 is 67.9. The molecule has 0 aliphatic rings. The van der Waals surface area contributed by atoms with Gasteiger partial charge in [0.15, 0.2) is 0 Å². The standard InChI is InChI=1S/C28H36N2O6S2.C5H10O2.CH2O2/c1-6-21(2)22(3)30(38(33,34)28-17-13-26(36-5)14-18-28)20-24-10-8-7-9-23(24)19-29-37(31,32)27-15-11-25(35-4)12-16-27;1-2-3-4-5(6)7;2-1-3/h7-18,21-22,29H,6,19-20H2,1-5H3;2-4H2,1H3,(H,6,7);1H,(H,2,3). The number of ether oxygens (including phenoxy) is 2. The van der Waals surface area contributed by atoms with Crippen molar-refractivity contribution in [3.05, 3.63) is 83.9 Å². The summed E-state index contributed by atoms with van der Waals surface area (Å²) in [7, 11) is -4.61. The Balaban J connectivity index is 0.00000101. The summed E-state index contributed by atoms with van der Waals surface area (Å²) in [4.78, 5) is 18.4. The van der Waals surface area contributed by atoms with Crippen LogP contribution in [0.1, 0.15) is 64.5 Å². The van der Waals surface area contributed by atoms with Gasteiger partial charge in [-0.2, -0.15) is 4.31 Å². The first-order valence-electron chi connectivity index (χ1n) is 15.4. The van der Waals surface area contributed by atoms with Gasteiger partial charge in [-0.25, -0.2) is 21.6 Å². The van der Waals surface area contributed by atoms with Crippen LogP contribution in [0.3, 0.4) is 0 Å². The Labute approximate surface area is 284 Å². The maximum atomic E-state index is 13.8. The van der Waals surface area contributed by atoms with E-state index in [2.05, 4.69) is 4.72 Å². The van der Waals surface area contributed by atoms with Crippen molar-refractivity contribution in [1.29, 1.82) is 0 Å². The van der Waals surface area contributed by atoms with Crippen LogP contribution < -0.4 is 14.2 Å². The van der Waals surface area contributed by atoms with Gasteiger partial charge in [-0.05, 0) is 78.9 Å². The summed E-state index contributed by atoms with van der Waals surface area (Å²) in [5.41, 5.74) is 1.41. The summed E-state index contributed by atoms with van der Waals surface area (Å²) in [6.45, 7) is 7.80. The van der Waals surface area contributed by atoms with E-state index in [1.807, 2.05) is 39.8 Å². The molecule has 48 heavy (non-hydrogen) atoms. The van der Waals surface area contributed by atoms with Crippen molar-refractivity contribution < 1.29 is 46.1 Å². The van der Waals surface area contributed by atoms with E-state index in [9.17, 15) is 21.6 Å². The molecule has 3 rings (SSSR count). The topological polar surface area (TPSA) is 177 Å². The molecule has 3 N–H and O–H groups in total. The average molecular weight is 709 g/mol. The van der Waals surface area contributed by atoms with Crippen LogP contribution in [-0.2, 0) is 42.7 Å². The molecule has 2 unspecified atom stereocenters. The van der Waals surface area contributed by atoms with E-state index in [-0.39, 0.29) is 41.3 Å². The minimum Gasteiger partial charge on any atom is -0.497 e. The van der Waals surface area contributed by atoms with Gasteiger partial charge in [-0.1, -0.05) is 57.9 Å². The Hall–Kier alpha value is -3.98. The molecular weight excluding hydrogens is 661 g/mol. The Morgan fingerprint density at radius 1 is 0.854 bits per heavy atom. The normalized spacial score (nSPS) is 12.4. The van der Waals surface area contributed by atoms with E-state index in [1.54, 1.807) is 48.5 Å². The van der Waals surface area contributed by atoms with Gasteiger partial charge in [0.25, 0.3) is 6.47 Å². The number of nitrogens with one attached hydrogen (secondary N) is 1. The number of nitrogens with zero attached hydrogens (tertiary/aromatic N) is 1. The van der Waals surface area contributed by atoms with Gasteiger partial charge in [0.1, 0.15) is 11.5 Å². The van der Waals surface area contributed by atoms with Crippen LogP contribution >= 0.6 is 0 Å². The molecule has 12 nitrogen and oxygen atoms in total. The van der Waals surface area contributed by atoms with Gasteiger partial charge in [-0.3, -0.25) is 9.59 Å². The Kier molecular flexibility index (Phi) is 18.5. The number of methoxy groups -OCH3 is 2. The molecule has 266 valence electrons. The largest absolute Gasteiger partial charge is 0.497 e. The number of carboxylic acids is 1. The molecule has 3 aromatic rings. The molecule has 0 aliphatic carbocycles. The van der Waals surface area contributed by atoms with E-state index in [4.69, 9.17) is 24.5 Å². The smallest absolute Gasteiger partial charge is 0.303 e. The van der Waals surface area contributed by atoms with Crippen molar-refractivity contribution in [1.82, 2.24) is 9.03 Å². The highest BCUT2D eigenvalue weighted by Gasteiger charge is 2.32. The second-order valence-electron chi connectivity index (χ2n) is 10.7. The Morgan fingerprint density at radius 3 is 1.75 bits per heavy atom. The van der Waals surface area contributed by atoms with Gasteiger partial charge in [0.05, 0.1) is 24.0 Å². The number of hydrogen-bond acceptors (Lipinski definition) is 8. The van der Waals surface area contributed by atoms with Crippen LogP contribution in [-0.4, -0.2) is 64.1 Å². The van der Waals surface area contributed by atoms with Crippen LogP contribution in [0.4, 0.5) is 0 Å². The second-order valence-corrected chi connectivity index (χ2v) is 14.4. The van der Waals surface area contributed by atoms with Crippen molar-refractivity contribution in [2.45, 2.75) is 82.3 Å². The fourth-order valence-corrected chi connectivity index (χ4v) is 7.06. The number of rotatable bonds is 16. The molecule has 0 heterocycles. The highest BCUT2D eigenvalue weighted by molar-refractivity contribution is 7.89. The minimum absolute atomic E-state index is 0.0126. The zero-order chi connectivity index (χ0) is 36.3. The zero-order valence-corrected chi connectivity index (χ0v) is 30.0. The van der Waals surface area contributed by atoms with Crippen molar-refractivity contribution in [3.63, 3.8) is 0 Å². The molecule has 0 spiro atoms. The van der Waals surface area contributed by atoms with Crippen LogP contribution in [0.25, 0.3) is 0 Å². The van der Waals surface area contributed by atoms with Crippen molar-refractivity contribution in [3.8, 4) is 11.5 Å². The number of sulfonamides is 2. The molecule has 0 amide bonds. The molecule has 0 radical (unpaired) electrons. The molecular formula is C34H48N2O10S2. The molecule has 0 fully saturated rings. The summed E-state index contributed by atoms with van der Waals surface area (Å²) in [6.07, 6.45) is 2.89. The van der Waals surface area contributed by atoms with E-state index in [0.29, 0.717) is 23.5 Å². The van der Waals surface area contributed by atoms with Crippen LogP contribution in [0.15, 0.2) is 82.6 Å². The lowest BCUT2D eigenvalue weighted by molar-refractivity contribution is -0.137. The summed E-state index contributed by atoms with van der Waals surface area (Å²) in [6, 6.07) is 19.4. The fourth-order valence-electron chi connectivity index (χ4n) is 4.35. The van der Waals surface area contributed by atoms with Gasteiger partial charge in [-0.15, -0.1) is 0 Å². The van der Waals surface area contributed by atoms with E-state index < -0.39 is 26.0 Å². The highest BCUT2D eigenvalue weighted by Crippen LogP contribution is 2.28. The minimum atomic E-state index is -3.86. The molecule has 0 aliphatic heterocycles. The maximum Gasteiger partial charge on any atom is 0.303 e. The first-order chi connectivity index (χ1) is 22.7. The van der Waals surface area contributed by atoms with E-state index >= 15 is 0 Å². The second kappa shape index (κ2) is 21.1. The van der Waals surface area contributed by atoms with Crippen molar-refractivity contribution in [2.24, 2.45) is 5.92 Å². The first-order valence-corrected chi connectivity index (χ1v) is 18.3. The fraction of sp³-hybridized carbons (Fsp3) is 0.412. The zero-order valence-electron chi connectivity index (χ0n) is 28.3. The average Bonchev–Trinajstić information content (AvgIpc) is 3.09. The summed E-state index contributed by atoms with van der Waals surface area (Å²) in [5, 5.41) is 14.9. The molecule has 14 heteroatoms. The quantitative estimate of drug-likeness (QED) is 0.155. The number of benzene rings is 3. The van der Waals surface area contributed by atoms with Gasteiger partial charge in [0.2, 0.25) is 20.0 Å². The lowest BCUT2D eigenvalue weighted by Crippen LogP contribution is -2.41. The number of aliphatic carboxylic acids is 1. The first kappa shape index (κ1) is 42.0.